The van der Waals surface area contributed by atoms with Gasteiger partial charge in [-0.05, 0) is 31.2 Å². The minimum absolute atomic E-state index is 0.553. The van der Waals surface area contributed by atoms with Gasteiger partial charge in [0.05, 0.1) is 29.9 Å². The summed E-state index contributed by atoms with van der Waals surface area (Å²) < 4.78 is 5.20. The second-order valence-electron chi connectivity index (χ2n) is 4.62. The maximum absolute atomic E-state index is 9.45. The van der Waals surface area contributed by atoms with E-state index in [0.717, 1.165) is 26.8 Å². The van der Waals surface area contributed by atoms with Gasteiger partial charge in [-0.25, -0.2) is 4.98 Å². The zero-order chi connectivity index (χ0) is 14.8. The predicted octanol–water partition coefficient (Wildman–Crippen LogP) is 3.17. The molecule has 0 bridgehead atoms. The highest BCUT2D eigenvalue weighted by Crippen LogP contribution is 2.28. The lowest BCUT2D eigenvalue weighted by Crippen LogP contribution is -1.94. The maximum atomic E-state index is 9.45. The Hall–Kier alpha value is -2.05. The van der Waals surface area contributed by atoms with E-state index >= 15 is 0 Å². The second-order valence-corrected chi connectivity index (χ2v) is 5.68. The fourth-order valence-corrected chi connectivity index (χ4v) is 2.72. The number of nitrogens with one attached hydrogen (secondary N) is 1. The third kappa shape index (κ3) is 3.01. The molecule has 2 N–H and O–H groups in total. The number of hydrogen-bond acceptors (Lipinski definition) is 5. The zero-order valence-electron chi connectivity index (χ0n) is 11.7. The highest BCUT2D eigenvalue weighted by molar-refractivity contribution is 7.99. The lowest BCUT2D eigenvalue weighted by atomic mass is 10.2. The van der Waals surface area contributed by atoms with E-state index in [9.17, 15) is 5.11 Å². The Labute approximate surface area is 126 Å². The van der Waals surface area contributed by atoms with E-state index in [0.29, 0.717) is 5.69 Å². The molecular formula is C15H15N3O2S. The van der Waals surface area contributed by atoms with E-state index in [1.165, 1.54) is 11.8 Å². The van der Waals surface area contributed by atoms with Crippen molar-refractivity contribution < 1.29 is 9.84 Å². The molecule has 0 aliphatic carbocycles. The van der Waals surface area contributed by atoms with Crippen LogP contribution in [0.3, 0.4) is 0 Å². The summed E-state index contributed by atoms with van der Waals surface area (Å²) in [6.07, 6.45) is 1.18. The molecule has 0 spiro atoms. The van der Waals surface area contributed by atoms with Crippen molar-refractivity contribution in [2.24, 2.45) is 0 Å². The first-order valence-corrected chi connectivity index (χ1v) is 7.33. The first-order valence-electron chi connectivity index (χ1n) is 6.51. The fraction of sp³-hybridized carbons (Fsp3) is 0.200. The lowest BCUT2D eigenvalue weighted by Gasteiger charge is -2.03. The quantitative estimate of drug-likeness (QED) is 0.774. The van der Waals surface area contributed by atoms with Gasteiger partial charge in [0, 0.05) is 17.2 Å². The normalized spacial score (nSPS) is 12.5. The number of methoxy groups -OCH3 is 1. The van der Waals surface area contributed by atoms with Gasteiger partial charge in [-0.15, -0.1) is 0 Å². The van der Waals surface area contributed by atoms with Crippen molar-refractivity contribution in [1.29, 1.82) is 0 Å². The second kappa shape index (κ2) is 5.75. The number of ether oxygens (including phenoxy) is 1. The largest absolute Gasteiger partial charge is 0.497 e. The minimum atomic E-state index is -0.553. The van der Waals surface area contributed by atoms with Gasteiger partial charge in [0.25, 0.3) is 0 Å². The molecule has 3 rings (SSSR count). The molecule has 21 heavy (non-hydrogen) atoms. The number of rotatable bonds is 4. The molecule has 3 aromatic rings. The van der Waals surface area contributed by atoms with Gasteiger partial charge in [-0.1, -0.05) is 11.8 Å². The number of aromatic nitrogens is 3. The van der Waals surface area contributed by atoms with Crippen LogP contribution in [0.1, 0.15) is 18.7 Å². The topological polar surface area (TPSA) is 71.0 Å². The highest BCUT2D eigenvalue weighted by Gasteiger charge is 2.07. The first kappa shape index (κ1) is 13.9. The summed E-state index contributed by atoms with van der Waals surface area (Å²) >= 11 is 1.50. The molecule has 0 radical (unpaired) electrons. The summed E-state index contributed by atoms with van der Waals surface area (Å²) in [7, 11) is 1.64. The van der Waals surface area contributed by atoms with Crippen molar-refractivity contribution in [2.45, 2.75) is 23.1 Å². The number of benzene rings is 1. The fourth-order valence-electron chi connectivity index (χ4n) is 1.95. The maximum Gasteiger partial charge on any atom is 0.171 e. The van der Waals surface area contributed by atoms with Crippen molar-refractivity contribution >= 4 is 22.8 Å². The van der Waals surface area contributed by atoms with Crippen LogP contribution >= 0.6 is 11.8 Å². The van der Waals surface area contributed by atoms with Gasteiger partial charge in [-0.2, -0.15) is 0 Å². The molecule has 6 heteroatoms. The third-order valence-electron chi connectivity index (χ3n) is 3.07. The van der Waals surface area contributed by atoms with Crippen LogP contribution in [0, 0.1) is 0 Å². The molecule has 1 atom stereocenters. The summed E-state index contributed by atoms with van der Waals surface area (Å²) in [5.74, 6) is 0.797. The Kier molecular flexibility index (Phi) is 3.81. The lowest BCUT2D eigenvalue weighted by molar-refractivity contribution is 0.194. The van der Waals surface area contributed by atoms with Crippen LogP contribution in [0.15, 0.2) is 46.6 Å². The van der Waals surface area contributed by atoms with E-state index in [2.05, 4.69) is 15.0 Å². The van der Waals surface area contributed by atoms with Crippen molar-refractivity contribution in [2.75, 3.05) is 7.11 Å². The molecule has 2 aromatic heterocycles. The molecule has 0 fully saturated rings. The SMILES string of the molecule is COc1ccc2nc(Sc3ccc(C(C)O)nc3)[nH]c2c1. The molecule has 0 aliphatic rings. The highest BCUT2D eigenvalue weighted by atomic mass is 32.2. The summed E-state index contributed by atoms with van der Waals surface area (Å²) in [6.45, 7) is 1.70. The summed E-state index contributed by atoms with van der Waals surface area (Å²) in [4.78, 5) is 13.0. The number of imidazole rings is 1. The number of fused-ring (bicyclic) bond motifs is 1. The van der Waals surface area contributed by atoms with Gasteiger partial charge in [-0.3, -0.25) is 4.98 Å². The predicted molar refractivity (Wildman–Crippen MR) is 81.6 cm³/mol. The number of H-pyrrole nitrogens is 1. The van der Waals surface area contributed by atoms with Crippen LogP contribution in [0.5, 0.6) is 5.75 Å². The number of aliphatic hydroxyl groups is 1. The van der Waals surface area contributed by atoms with Crippen molar-refractivity contribution in [1.82, 2.24) is 15.0 Å². The first-order chi connectivity index (χ1) is 10.2. The molecule has 0 saturated heterocycles. The van der Waals surface area contributed by atoms with Crippen LogP contribution in [-0.4, -0.2) is 27.2 Å². The average molecular weight is 301 g/mol. The minimum Gasteiger partial charge on any atom is -0.497 e. The van der Waals surface area contributed by atoms with Crippen molar-refractivity contribution in [3.8, 4) is 5.75 Å². The van der Waals surface area contributed by atoms with Crippen LogP contribution < -0.4 is 4.74 Å². The third-order valence-corrected chi connectivity index (χ3v) is 3.93. The number of pyridine rings is 1. The van der Waals surface area contributed by atoms with E-state index in [4.69, 9.17) is 4.74 Å². The van der Waals surface area contributed by atoms with E-state index in [1.807, 2.05) is 30.3 Å². The van der Waals surface area contributed by atoms with Gasteiger partial charge < -0.3 is 14.8 Å². The molecule has 0 saturated carbocycles. The van der Waals surface area contributed by atoms with E-state index in [-0.39, 0.29) is 0 Å². The Bertz CT molecular complexity index is 753. The van der Waals surface area contributed by atoms with E-state index in [1.54, 1.807) is 20.2 Å². The van der Waals surface area contributed by atoms with Gasteiger partial charge in [0.1, 0.15) is 5.75 Å². The molecule has 108 valence electrons. The Morgan fingerprint density at radius 2 is 2.14 bits per heavy atom. The van der Waals surface area contributed by atoms with E-state index < -0.39 is 6.10 Å². The number of aromatic amines is 1. The van der Waals surface area contributed by atoms with Gasteiger partial charge in [0.15, 0.2) is 5.16 Å². The molecule has 1 aromatic carbocycles. The molecular weight excluding hydrogens is 286 g/mol. The average Bonchev–Trinajstić information content (AvgIpc) is 2.88. The molecule has 0 amide bonds. The molecule has 5 nitrogen and oxygen atoms in total. The van der Waals surface area contributed by atoms with Crippen molar-refractivity contribution in [3.05, 3.63) is 42.2 Å². The summed E-state index contributed by atoms with van der Waals surface area (Å²) in [5, 5.41) is 10.2. The van der Waals surface area contributed by atoms with Gasteiger partial charge in [0.2, 0.25) is 0 Å². The van der Waals surface area contributed by atoms with Crippen molar-refractivity contribution in [3.63, 3.8) is 0 Å². The number of nitrogens with zero attached hydrogens (tertiary/aromatic N) is 2. The zero-order valence-corrected chi connectivity index (χ0v) is 12.5. The van der Waals surface area contributed by atoms with Gasteiger partial charge >= 0.3 is 0 Å². The van der Waals surface area contributed by atoms with Crippen LogP contribution in [0.4, 0.5) is 0 Å². The Balaban J connectivity index is 1.84. The van der Waals surface area contributed by atoms with Crippen LogP contribution in [-0.2, 0) is 0 Å². The smallest absolute Gasteiger partial charge is 0.171 e. The number of hydrogen-bond donors (Lipinski definition) is 2. The molecule has 1 unspecified atom stereocenters. The Morgan fingerprint density at radius 3 is 2.81 bits per heavy atom. The monoisotopic (exact) mass is 301 g/mol. The van der Waals surface area contributed by atoms with Crippen LogP contribution in [0.2, 0.25) is 0 Å². The Morgan fingerprint density at radius 1 is 1.29 bits per heavy atom. The van der Waals surface area contributed by atoms with Crippen LogP contribution in [0.25, 0.3) is 11.0 Å². The standard InChI is InChI=1S/C15H15N3O2S/c1-9(19)12-6-4-11(8-16-12)21-15-17-13-5-3-10(20-2)7-14(13)18-15/h3-9,19H,1-2H3,(H,17,18). The molecule has 0 aliphatic heterocycles. The summed E-state index contributed by atoms with van der Waals surface area (Å²) in [6, 6.07) is 9.47. The summed E-state index contributed by atoms with van der Waals surface area (Å²) in [5.41, 5.74) is 2.49. The number of aliphatic hydroxyl groups excluding tert-OH is 1. The molecule has 2 heterocycles.